The highest BCUT2D eigenvalue weighted by Gasteiger charge is 2.00. The normalized spacial score (nSPS) is 9.81. The highest BCUT2D eigenvalue weighted by atomic mass is 16.1. The molecule has 2 aromatic carbocycles. The van der Waals surface area contributed by atoms with Crippen molar-refractivity contribution >= 4 is 12.1 Å². The Hall–Kier alpha value is -2.13. The number of rotatable bonds is 3. The fraction of sp³-hybridized carbons (Fsp3) is 0. The summed E-state index contributed by atoms with van der Waals surface area (Å²) in [7, 11) is 0. The van der Waals surface area contributed by atoms with Crippen molar-refractivity contribution in [2.24, 2.45) is 5.84 Å². The van der Waals surface area contributed by atoms with Crippen LogP contribution in [0.15, 0.2) is 54.6 Å². The average Bonchev–Trinajstić information content (AvgIpc) is 2.39. The molecular formula is C13H12N2O. The van der Waals surface area contributed by atoms with E-state index in [1.165, 1.54) is 0 Å². The van der Waals surface area contributed by atoms with Gasteiger partial charge in [0.1, 0.15) is 0 Å². The summed E-state index contributed by atoms with van der Waals surface area (Å²) in [5.74, 6) is 5.45. The monoisotopic (exact) mass is 212 g/mol. The van der Waals surface area contributed by atoms with Gasteiger partial charge in [0.25, 0.3) is 0 Å². The molecular weight excluding hydrogens is 200 g/mol. The summed E-state index contributed by atoms with van der Waals surface area (Å²) in [5.41, 5.74) is 2.92. The molecule has 0 saturated heterocycles. The van der Waals surface area contributed by atoms with E-state index in [-0.39, 0.29) is 0 Å². The molecule has 1 amide bonds. The number of hydrazine groups is 1. The summed E-state index contributed by atoms with van der Waals surface area (Å²) in [6.07, 6.45) is 0.581. The Bertz CT molecular complexity index is 465. The molecule has 0 bridgehead atoms. The van der Waals surface area contributed by atoms with Gasteiger partial charge in [-0.3, -0.25) is 9.80 Å². The lowest BCUT2D eigenvalue weighted by Gasteiger charge is -2.10. The summed E-state index contributed by atoms with van der Waals surface area (Å²) in [5, 5.41) is 1.05. The Morgan fingerprint density at radius 3 is 2.00 bits per heavy atom. The van der Waals surface area contributed by atoms with Crippen molar-refractivity contribution in [1.29, 1.82) is 0 Å². The van der Waals surface area contributed by atoms with Crippen molar-refractivity contribution in [3.8, 4) is 11.1 Å². The van der Waals surface area contributed by atoms with Crippen molar-refractivity contribution in [2.45, 2.75) is 0 Å². The van der Waals surface area contributed by atoms with Gasteiger partial charge in [0, 0.05) is 0 Å². The van der Waals surface area contributed by atoms with Gasteiger partial charge in [-0.1, -0.05) is 42.5 Å². The molecule has 2 N–H and O–H groups in total. The van der Waals surface area contributed by atoms with Crippen LogP contribution in [0.5, 0.6) is 0 Å². The summed E-state index contributed by atoms with van der Waals surface area (Å²) in [6, 6.07) is 17.5. The zero-order valence-electron chi connectivity index (χ0n) is 8.71. The number of anilines is 1. The molecule has 16 heavy (non-hydrogen) atoms. The topological polar surface area (TPSA) is 46.3 Å². The lowest BCUT2D eigenvalue weighted by Crippen LogP contribution is -2.28. The lowest BCUT2D eigenvalue weighted by molar-refractivity contribution is -0.107. The molecule has 3 heteroatoms. The van der Waals surface area contributed by atoms with Gasteiger partial charge in [-0.15, -0.1) is 0 Å². The van der Waals surface area contributed by atoms with E-state index in [2.05, 4.69) is 0 Å². The van der Waals surface area contributed by atoms with Gasteiger partial charge in [0.05, 0.1) is 5.69 Å². The fourth-order valence-electron chi connectivity index (χ4n) is 1.52. The van der Waals surface area contributed by atoms with E-state index in [9.17, 15) is 4.79 Å². The van der Waals surface area contributed by atoms with Crippen LogP contribution < -0.4 is 10.9 Å². The maximum atomic E-state index is 10.5. The van der Waals surface area contributed by atoms with E-state index in [4.69, 9.17) is 5.84 Å². The van der Waals surface area contributed by atoms with Gasteiger partial charge in [-0.25, -0.2) is 5.84 Å². The van der Waals surface area contributed by atoms with Crippen LogP contribution in [0.4, 0.5) is 5.69 Å². The molecule has 0 aliphatic carbocycles. The predicted octanol–water partition coefficient (Wildman–Crippen LogP) is 2.19. The number of nitrogens with zero attached hydrogens (tertiary/aromatic N) is 1. The molecule has 2 rings (SSSR count). The Kier molecular flexibility index (Phi) is 2.98. The molecule has 0 radical (unpaired) electrons. The van der Waals surface area contributed by atoms with Crippen LogP contribution in [0.25, 0.3) is 11.1 Å². The highest BCUT2D eigenvalue weighted by Crippen LogP contribution is 2.21. The number of carbonyl (C=O) groups is 1. The van der Waals surface area contributed by atoms with Crippen LogP contribution >= 0.6 is 0 Å². The van der Waals surface area contributed by atoms with E-state index in [0.29, 0.717) is 12.1 Å². The lowest BCUT2D eigenvalue weighted by atomic mass is 10.1. The van der Waals surface area contributed by atoms with Gasteiger partial charge < -0.3 is 0 Å². The van der Waals surface area contributed by atoms with E-state index in [0.717, 1.165) is 16.1 Å². The predicted molar refractivity (Wildman–Crippen MR) is 64.6 cm³/mol. The van der Waals surface area contributed by atoms with Gasteiger partial charge in [0.15, 0.2) is 0 Å². The third-order valence-corrected chi connectivity index (χ3v) is 2.39. The molecule has 0 saturated carbocycles. The van der Waals surface area contributed by atoms with Crippen LogP contribution in [0.3, 0.4) is 0 Å². The minimum absolute atomic E-state index is 0.581. The van der Waals surface area contributed by atoms with E-state index >= 15 is 0 Å². The van der Waals surface area contributed by atoms with Crippen molar-refractivity contribution in [3.05, 3.63) is 54.6 Å². The highest BCUT2D eigenvalue weighted by molar-refractivity contribution is 5.75. The second-order valence-electron chi connectivity index (χ2n) is 3.43. The molecule has 0 aliphatic heterocycles. The molecule has 0 aliphatic rings. The number of amides is 1. The van der Waals surface area contributed by atoms with E-state index in [1.807, 2.05) is 54.6 Å². The third kappa shape index (κ3) is 2.10. The first-order valence-corrected chi connectivity index (χ1v) is 4.96. The van der Waals surface area contributed by atoms with Gasteiger partial charge in [-0.05, 0) is 23.3 Å². The molecule has 2 aromatic rings. The maximum Gasteiger partial charge on any atom is 0.228 e. The Morgan fingerprint density at radius 1 is 0.875 bits per heavy atom. The van der Waals surface area contributed by atoms with Gasteiger partial charge >= 0.3 is 0 Å². The molecule has 0 fully saturated rings. The molecule has 0 heterocycles. The Balaban J connectivity index is 2.30. The van der Waals surface area contributed by atoms with Crippen molar-refractivity contribution < 1.29 is 4.79 Å². The summed E-state index contributed by atoms with van der Waals surface area (Å²) in [4.78, 5) is 10.5. The summed E-state index contributed by atoms with van der Waals surface area (Å²) in [6.45, 7) is 0. The number of carbonyl (C=O) groups excluding carboxylic acids is 1. The smallest absolute Gasteiger partial charge is 0.228 e. The van der Waals surface area contributed by atoms with Crippen molar-refractivity contribution in [2.75, 3.05) is 5.01 Å². The van der Waals surface area contributed by atoms with Gasteiger partial charge in [0.2, 0.25) is 6.41 Å². The van der Waals surface area contributed by atoms with Crippen molar-refractivity contribution in [3.63, 3.8) is 0 Å². The van der Waals surface area contributed by atoms with E-state index in [1.54, 1.807) is 0 Å². The zero-order chi connectivity index (χ0) is 11.4. The quantitative estimate of drug-likeness (QED) is 0.367. The first kappa shape index (κ1) is 10.4. The standard InChI is InChI=1S/C13H12N2O/c14-15(10-16)13-8-6-12(7-9-13)11-4-2-1-3-5-11/h1-10H,14H2. The molecule has 0 spiro atoms. The minimum atomic E-state index is 0.581. The second-order valence-corrected chi connectivity index (χ2v) is 3.43. The zero-order valence-corrected chi connectivity index (χ0v) is 8.71. The molecule has 0 aromatic heterocycles. The van der Waals surface area contributed by atoms with Gasteiger partial charge in [-0.2, -0.15) is 0 Å². The minimum Gasteiger partial charge on any atom is -0.277 e. The summed E-state index contributed by atoms with van der Waals surface area (Å²) >= 11 is 0. The number of nitrogens with two attached hydrogens (primary N) is 1. The number of hydrogen-bond acceptors (Lipinski definition) is 2. The number of benzene rings is 2. The second kappa shape index (κ2) is 4.59. The molecule has 0 unspecified atom stereocenters. The van der Waals surface area contributed by atoms with E-state index < -0.39 is 0 Å². The Morgan fingerprint density at radius 2 is 1.44 bits per heavy atom. The Labute approximate surface area is 94.1 Å². The van der Waals surface area contributed by atoms with Crippen LogP contribution in [-0.4, -0.2) is 6.41 Å². The summed E-state index contributed by atoms with van der Waals surface area (Å²) < 4.78 is 0. The van der Waals surface area contributed by atoms with Crippen LogP contribution in [0.1, 0.15) is 0 Å². The van der Waals surface area contributed by atoms with Crippen LogP contribution in [-0.2, 0) is 4.79 Å². The van der Waals surface area contributed by atoms with Crippen LogP contribution in [0, 0.1) is 0 Å². The van der Waals surface area contributed by atoms with Crippen molar-refractivity contribution in [1.82, 2.24) is 0 Å². The molecule has 80 valence electrons. The third-order valence-electron chi connectivity index (χ3n) is 2.39. The van der Waals surface area contributed by atoms with Crippen LogP contribution in [0.2, 0.25) is 0 Å². The SMILES string of the molecule is NN(C=O)c1ccc(-c2ccccc2)cc1. The number of hydrogen-bond donors (Lipinski definition) is 1. The molecule has 3 nitrogen and oxygen atoms in total. The molecule has 0 atom stereocenters. The maximum absolute atomic E-state index is 10.5. The first-order chi connectivity index (χ1) is 7.81. The average molecular weight is 212 g/mol. The fourth-order valence-corrected chi connectivity index (χ4v) is 1.52. The first-order valence-electron chi connectivity index (χ1n) is 4.96. The largest absolute Gasteiger partial charge is 0.277 e.